The van der Waals surface area contributed by atoms with E-state index in [0.29, 0.717) is 6.54 Å². The smallest absolute Gasteiger partial charge is 0.0773 e. The first-order chi connectivity index (χ1) is 7.20. The number of rotatable bonds is 7. The van der Waals surface area contributed by atoms with Gasteiger partial charge < -0.3 is 15.4 Å². The fourth-order valence-corrected chi connectivity index (χ4v) is 1.92. The molecule has 3 nitrogen and oxygen atoms in total. The third-order valence-electron chi connectivity index (χ3n) is 3.45. The molecule has 0 aromatic heterocycles. The van der Waals surface area contributed by atoms with Crippen molar-refractivity contribution in [3.05, 3.63) is 0 Å². The molecule has 3 heteroatoms. The molecule has 1 rings (SSSR count). The molecular formula is C12H26N2O. The van der Waals surface area contributed by atoms with Crippen LogP contribution in [0.4, 0.5) is 0 Å². The van der Waals surface area contributed by atoms with Crippen LogP contribution in [-0.2, 0) is 4.74 Å². The summed E-state index contributed by atoms with van der Waals surface area (Å²) in [5.41, 5.74) is 5.58. The van der Waals surface area contributed by atoms with E-state index in [0.717, 1.165) is 19.4 Å². The highest BCUT2D eigenvalue weighted by molar-refractivity contribution is 4.74. The van der Waals surface area contributed by atoms with Crippen LogP contribution in [-0.4, -0.2) is 43.3 Å². The van der Waals surface area contributed by atoms with Crippen molar-refractivity contribution < 1.29 is 4.74 Å². The van der Waals surface area contributed by atoms with E-state index < -0.39 is 0 Å². The molecule has 1 unspecified atom stereocenters. The molecular weight excluding hydrogens is 188 g/mol. The summed E-state index contributed by atoms with van der Waals surface area (Å²) in [6.45, 7) is 9.44. The van der Waals surface area contributed by atoms with Gasteiger partial charge in [0.15, 0.2) is 0 Å². The zero-order valence-electron chi connectivity index (χ0n) is 10.3. The van der Waals surface area contributed by atoms with Crippen LogP contribution in [0.3, 0.4) is 0 Å². The second-order valence-electron chi connectivity index (χ2n) is 4.76. The predicted molar refractivity (Wildman–Crippen MR) is 64.0 cm³/mol. The second kappa shape index (κ2) is 6.46. The molecule has 2 N–H and O–H groups in total. The van der Waals surface area contributed by atoms with Crippen molar-refractivity contribution in [3.8, 4) is 0 Å². The quantitative estimate of drug-likeness (QED) is 0.654. The van der Waals surface area contributed by atoms with Gasteiger partial charge in [-0.3, -0.25) is 0 Å². The average molecular weight is 214 g/mol. The van der Waals surface area contributed by atoms with Gasteiger partial charge in [0.25, 0.3) is 0 Å². The van der Waals surface area contributed by atoms with Gasteiger partial charge in [-0.05, 0) is 45.7 Å². The Morgan fingerprint density at radius 3 is 2.53 bits per heavy atom. The average Bonchev–Trinajstić information content (AvgIpc) is 2.77. The SMILES string of the molecule is CCC(C)(CN)OCCCN1CCCC1. The molecule has 1 aliphatic rings. The van der Waals surface area contributed by atoms with Crippen LogP contribution >= 0.6 is 0 Å². The van der Waals surface area contributed by atoms with Crippen molar-refractivity contribution in [1.82, 2.24) is 4.90 Å². The van der Waals surface area contributed by atoms with Gasteiger partial charge in [0.1, 0.15) is 0 Å². The Morgan fingerprint density at radius 1 is 1.33 bits per heavy atom. The lowest BCUT2D eigenvalue weighted by molar-refractivity contribution is -0.0302. The summed E-state index contributed by atoms with van der Waals surface area (Å²) in [6, 6.07) is 0. The van der Waals surface area contributed by atoms with Crippen LogP contribution in [0.15, 0.2) is 0 Å². The molecule has 1 aliphatic heterocycles. The van der Waals surface area contributed by atoms with Gasteiger partial charge in [-0.1, -0.05) is 6.92 Å². The minimum Gasteiger partial charge on any atom is -0.374 e. The molecule has 1 heterocycles. The lowest BCUT2D eigenvalue weighted by Gasteiger charge is -2.27. The molecule has 0 radical (unpaired) electrons. The second-order valence-corrected chi connectivity index (χ2v) is 4.76. The highest BCUT2D eigenvalue weighted by Gasteiger charge is 2.20. The Kier molecular flexibility index (Phi) is 5.58. The largest absolute Gasteiger partial charge is 0.374 e. The van der Waals surface area contributed by atoms with Crippen LogP contribution in [0.25, 0.3) is 0 Å². The molecule has 1 fully saturated rings. The van der Waals surface area contributed by atoms with Crippen LogP contribution in [0, 0.1) is 0 Å². The molecule has 0 spiro atoms. The first-order valence-corrected chi connectivity index (χ1v) is 6.26. The van der Waals surface area contributed by atoms with Gasteiger partial charge >= 0.3 is 0 Å². The standard InChI is InChI=1S/C12H26N2O/c1-3-12(2,11-13)15-10-6-9-14-7-4-5-8-14/h3-11,13H2,1-2H3. The fourth-order valence-electron chi connectivity index (χ4n) is 1.92. The summed E-state index contributed by atoms with van der Waals surface area (Å²) in [5, 5.41) is 0. The molecule has 0 aromatic rings. The van der Waals surface area contributed by atoms with Gasteiger partial charge in [-0.2, -0.15) is 0 Å². The summed E-state index contributed by atoms with van der Waals surface area (Å²) in [4.78, 5) is 2.52. The lowest BCUT2D eigenvalue weighted by atomic mass is 10.0. The number of hydrogen-bond acceptors (Lipinski definition) is 3. The van der Waals surface area contributed by atoms with E-state index in [9.17, 15) is 0 Å². The Balaban J connectivity index is 2.04. The Morgan fingerprint density at radius 2 is 2.00 bits per heavy atom. The molecule has 0 saturated carbocycles. The van der Waals surface area contributed by atoms with E-state index in [4.69, 9.17) is 10.5 Å². The van der Waals surface area contributed by atoms with Gasteiger partial charge in [0.05, 0.1) is 5.60 Å². The van der Waals surface area contributed by atoms with E-state index in [2.05, 4.69) is 18.7 Å². The zero-order chi connectivity index (χ0) is 11.1. The number of nitrogens with zero attached hydrogens (tertiary/aromatic N) is 1. The summed E-state index contributed by atoms with van der Waals surface area (Å²) in [5.74, 6) is 0. The van der Waals surface area contributed by atoms with E-state index in [1.165, 1.54) is 32.5 Å². The van der Waals surface area contributed by atoms with Gasteiger partial charge in [0, 0.05) is 19.7 Å². The third-order valence-corrected chi connectivity index (χ3v) is 3.45. The molecule has 1 atom stereocenters. The molecule has 0 aromatic carbocycles. The Hall–Kier alpha value is -0.120. The number of nitrogens with two attached hydrogens (primary N) is 1. The topological polar surface area (TPSA) is 38.5 Å². The van der Waals surface area contributed by atoms with Crippen molar-refractivity contribution in [3.63, 3.8) is 0 Å². The maximum absolute atomic E-state index is 5.84. The third kappa shape index (κ3) is 4.49. The van der Waals surface area contributed by atoms with Crippen LogP contribution < -0.4 is 5.73 Å². The maximum atomic E-state index is 5.84. The molecule has 0 bridgehead atoms. The van der Waals surface area contributed by atoms with Gasteiger partial charge in [0.2, 0.25) is 0 Å². The minimum absolute atomic E-state index is 0.106. The fraction of sp³-hybridized carbons (Fsp3) is 1.00. The minimum atomic E-state index is -0.106. The molecule has 15 heavy (non-hydrogen) atoms. The van der Waals surface area contributed by atoms with Gasteiger partial charge in [-0.25, -0.2) is 0 Å². The van der Waals surface area contributed by atoms with Crippen LogP contribution in [0.1, 0.15) is 39.5 Å². The summed E-state index contributed by atoms with van der Waals surface area (Å²) < 4.78 is 5.84. The highest BCUT2D eigenvalue weighted by atomic mass is 16.5. The summed E-state index contributed by atoms with van der Waals surface area (Å²) in [7, 11) is 0. The van der Waals surface area contributed by atoms with E-state index >= 15 is 0 Å². The lowest BCUT2D eigenvalue weighted by Crippen LogP contribution is -2.37. The van der Waals surface area contributed by atoms with Crippen molar-refractivity contribution in [2.75, 3.05) is 32.8 Å². The van der Waals surface area contributed by atoms with E-state index in [1.54, 1.807) is 0 Å². The maximum Gasteiger partial charge on any atom is 0.0773 e. The zero-order valence-corrected chi connectivity index (χ0v) is 10.3. The van der Waals surface area contributed by atoms with Crippen molar-refractivity contribution >= 4 is 0 Å². The normalized spacial score (nSPS) is 21.8. The number of hydrogen-bond donors (Lipinski definition) is 1. The molecule has 1 saturated heterocycles. The first-order valence-electron chi connectivity index (χ1n) is 6.26. The highest BCUT2D eigenvalue weighted by Crippen LogP contribution is 2.14. The van der Waals surface area contributed by atoms with Crippen molar-refractivity contribution in [1.29, 1.82) is 0 Å². The molecule has 0 amide bonds. The van der Waals surface area contributed by atoms with E-state index in [-0.39, 0.29) is 5.60 Å². The summed E-state index contributed by atoms with van der Waals surface area (Å²) >= 11 is 0. The van der Waals surface area contributed by atoms with Crippen LogP contribution in [0.5, 0.6) is 0 Å². The first kappa shape index (κ1) is 12.9. The monoisotopic (exact) mass is 214 g/mol. The number of likely N-dealkylation sites (tertiary alicyclic amines) is 1. The molecule has 90 valence electrons. The molecule has 0 aliphatic carbocycles. The van der Waals surface area contributed by atoms with Gasteiger partial charge in [-0.15, -0.1) is 0 Å². The Labute approximate surface area is 94.0 Å². The number of ether oxygens (including phenoxy) is 1. The van der Waals surface area contributed by atoms with E-state index in [1.807, 2.05) is 0 Å². The van der Waals surface area contributed by atoms with Crippen molar-refractivity contribution in [2.24, 2.45) is 5.73 Å². The Bertz CT molecular complexity index is 163. The van der Waals surface area contributed by atoms with Crippen molar-refractivity contribution in [2.45, 2.75) is 45.1 Å². The summed E-state index contributed by atoms with van der Waals surface area (Å²) in [6.07, 6.45) is 4.87. The predicted octanol–water partition coefficient (Wildman–Crippen LogP) is 1.62. The van der Waals surface area contributed by atoms with Crippen LogP contribution in [0.2, 0.25) is 0 Å².